The highest BCUT2D eigenvalue weighted by Crippen LogP contribution is 2.29. The smallest absolute Gasteiger partial charge is 0.165 e. The van der Waals surface area contributed by atoms with Crippen molar-refractivity contribution in [3.63, 3.8) is 0 Å². The van der Waals surface area contributed by atoms with Gasteiger partial charge in [0, 0.05) is 12.5 Å². The van der Waals surface area contributed by atoms with Crippen LogP contribution in [0.15, 0.2) is 23.2 Å². The molecular weight excluding hydrogens is 172 g/mol. The average molecular weight is 184 g/mol. The summed E-state index contributed by atoms with van der Waals surface area (Å²) in [4.78, 5) is 11.0. The first-order valence-electron chi connectivity index (χ1n) is 3.91. The first kappa shape index (κ1) is 9.80. The molecule has 0 aromatic rings. The molecule has 13 heavy (non-hydrogen) atoms. The molecule has 0 spiro atoms. The molecule has 4 nitrogen and oxygen atoms in total. The Morgan fingerprint density at radius 3 is 2.46 bits per heavy atom. The second-order valence-electron chi connectivity index (χ2n) is 3.32. The summed E-state index contributed by atoms with van der Waals surface area (Å²) in [6.45, 7) is 2.78. The summed E-state index contributed by atoms with van der Waals surface area (Å²) in [5, 5.41) is 28.0. The van der Waals surface area contributed by atoms with Crippen LogP contribution in [0.4, 0.5) is 0 Å². The SMILES string of the molecule is CC(=O)C1(O)C=C(O)C(O)=C(C)C1. The maximum Gasteiger partial charge on any atom is 0.165 e. The predicted molar refractivity (Wildman–Crippen MR) is 46.3 cm³/mol. The molecule has 0 aromatic heterocycles. The van der Waals surface area contributed by atoms with Gasteiger partial charge < -0.3 is 15.3 Å². The molecular formula is C9H12O4. The highest BCUT2D eigenvalue weighted by Gasteiger charge is 2.35. The van der Waals surface area contributed by atoms with E-state index in [1.54, 1.807) is 6.92 Å². The zero-order chi connectivity index (χ0) is 10.2. The largest absolute Gasteiger partial charge is 0.504 e. The maximum atomic E-state index is 11.0. The van der Waals surface area contributed by atoms with Gasteiger partial charge in [-0.2, -0.15) is 0 Å². The van der Waals surface area contributed by atoms with Crippen LogP contribution in [0.1, 0.15) is 20.3 Å². The van der Waals surface area contributed by atoms with Crippen LogP contribution in [0.3, 0.4) is 0 Å². The molecule has 1 rings (SSSR count). The molecule has 72 valence electrons. The number of carbonyl (C=O) groups excluding carboxylic acids is 1. The molecule has 0 heterocycles. The zero-order valence-corrected chi connectivity index (χ0v) is 7.53. The van der Waals surface area contributed by atoms with Gasteiger partial charge in [0.1, 0.15) is 5.60 Å². The lowest BCUT2D eigenvalue weighted by Gasteiger charge is -2.26. The van der Waals surface area contributed by atoms with Gasteiger partial charge in [0.25, 0.3) is 0 Å². The fourth-order valence-corrected chi connectivity index (χ4v) is 1.28. The third-order valence-corrected chi connectivity index (χ3v) is 2.17. The van der Waals surface area contributed by atoms with Crippen LogP contribution in [0, 0.1) is 0 Å². The standard InChI is InChI=1S/C9H12O4/c1-5-3-9(13,6(2)10)4-7(11)8(5)12/h4,11-13H,3H2,1-2H3. The minimum Gasteiger partial charge on any atom is -0.504 e. The molecule has 4 heteroatoms. The lowest BCUT2D eigenvalue weighted by molar-refractivity contribution is -0.130. The Balaban J connectivity index is 3.11. The van der Waals surface area contributed by atoms with E-state index in [-0.39, 0.29) is 12.2 Å². The van der Waals surface area contributed by atoms with Crippen molar-refractivity contribution in [3.05, 3.63) is 23.2 Å². The van der Waals surface area contributed by atoms with Crippen molar-refractivity contribution in [1.29, 1.82) is 0 Å². The van der Waals surface area contributed by atoms with Crippen molar-refractivity contribution < 1.29 is 20.1 Å². The number of hydrogen-bond donors (Lipinski definition) is 3. The van der Waals surface area contributed by atoms with Gasteiger partial charge in [0.15, 0.2) is 17.3 Å². The number of Topliss-reactive ketones (excluding diaryl/α,β-unsaturated/α-hetero) is 1. The fraction of sp³-hybridized carbons (Fsp3) is 0.444. The quantitative estimate of drug-likeness (QED) is 0.567. The lowest BCUT2D eigenvalue weighted by atomic mass is 9.86. The summed E-state index contributed by atoms with van der Waals surface area (Å²) >= 11 is 0. The third-order valence-electron chi connectivity index (χ3n) is 2.17. The van der Waals surface area contributed by atoms with Crippen LogP contribution in [-0.4, -0.2) is 26.7 Å². The van der Waals surface area contributed by atoms with E-state index in [1.165, 1.54) is 6.92 Å². The Hall–Kier alpha value is -1.29. The minimum atomic E-state index is -1.67. The summed E-state index contributed by atoms with van der Waals surface area (Å²) in [6, 6.07) is 0. The Bertz CT molecular complexity index is 314. The first-order valence-corrected chi connectivity index (χ1v) is 3.91. The van der Waals surface area contributed by atoms with Gasteiger partial charge in [-0.15, -0.1) is 0 Å². The fourth-order valence-electron chi connectivity index (χ4n) is 1.28. The van der Waals surface area contributed by atoms with Gasteiger partial charge in [0.2, 0.25) is 0 Å². The summed E-state index contributed by atoms with van der Waals surface area (Å²) in [5.41, 5.74) is -1.27. The van der Waals surface area contributed by atoms with E-state index < -0.39 is 17.1 Å². The van der Waals surface area contributed by atoms with E-state index in [9.17, 15) is 20.1 Å². The molecule has 0 aliphatic heterocycles. The van der Waals surface area contributed by atoms with E-state index in [2.05, 4.69) is 0 Å². The van der Waals surface area contributed by atoms with E-state index in [0.29, 0.717) is 5.57 Å². The van der Waals surface area contributed by atoms with Gasteiger partial charge in [-0.25, -0.2) is 0 Å². The Morgan fingerprint density at radius 2 is 2.08 bits per heavy atom. The van der Waals surface area contributed by atoms with E-state index >= 15 is 0 Å². The molecule has 3 N–H and O–H groups in total. The third kappa shape index (κ3) is 1.58. The number of hydrogen-bond acceptors (Lipinski definition) is 4. The average Bonchev–Trinajstić information content (AvgIpc) is 2.00. The van der Waals surface area contributed by atoms with Crippen LogP contribution in [0.2, 0.25) is 0 Å². The second kappa shape index (κ2) is 2.88. The summed E-state index contributed by atoms with van der Waals surface area (Å²) < 4.78 is 0. The van der Waals surface area contributed by atoms with E-state index in [0.717, 1.165) is 6.08 Å². The molecule has 0 amide bonds. The van der Waals surface area contributed by atoms with Crippen molar-refractivity contribution in [2.75, 3.05) is 0 Å². The molecule has 0 aromatic carbocycles. The van der Waals surface area contributed by atoms with Crippen molar-refractivity contribution in [2.24, 2.45) is 0 Å². The molecule has 1 aliphatic carbocycles. The minimum absolute atomic E-state index is 0.0260. The molecule has 0 saturated carbocycles. The molecule has 0 radical (unpaired) electrons. The van der Waals surface area contributed by atoms with Crippen LogP contribution in [0.5, 0.6) is 0 Å². The zero-order valence-electron chi connectivity index (χ0n) is 7.53. The predicted octanol–water partition coefficient (Wildman–Crippen LogP) is 0.984. The molecule has 1 aliphatic rings. The Morgan fingerprint density at radius 1 is 1.54 bits per heavy atom. The number of aliphatic hydroxyl groups excluding tert-OH is 2. The molecule has 0 saturated heterocycles. The van der Waals surface area contributed by atoms with Crippen LogP contribution >= 0.6 is 0 Å². The Labute approximate surface area is 75.8 Å². The van der Waals surface area contributed by atoms with Gasteiger partial charge in [0.05, 0.1) is 0 Å². The highest BCUT2D eigenvalue weighted by atomic mass is 16.3. The van der Waals surface area contributed by atoms with Gasteiger partial charge in [-0.1, -0.05) is 0 Å². The van der Waals surface area contributed by atoms with Gasteiger partial charge in [-0.3, -0.25) is 4.79 Å². The highest BCUT2D eigenvalue weighted by molar-refractivity contribution is 5.87. The number of carbonyl (C=O) groups is 1. The summed E-state index contributed by atoms with van der Waals surface area (Å²) in [7, 11) is 0. The molecule has 0 fully saturated rings. The number of aliphatic hydroxyl groups is 3. The van der Waals surface area contributed by atoms with Crippen molar-refractivity contribution in [1.82, 2.24) is 0 Å². The normalized spacial score (nSPS) is 28.7. The summed E-state index contributed by atoms with van der Waals surface area (Å²) in [5.74, 6) is -1.15. The van der Waals surface area contributed by atoms with Crippen LogP contribution < -0.4 is 0 Å². The number of rotatable bonds is 1. The number of ketones is 1. The van der Waals surface area contributed by atoms with E-state index in [1.807, 2.05) is 0 Å². The molecule has 1 unspecified atom stereocenters. The van der Waals surface area contributed by atoms with Gasteiger partial charge in [-0.05, 0) is 19.4 Å². The van der Waals surface area contributed by atoms with Crippen molar-refractivity contribution in [2.45, 2.75) is 25.9 Å². The maximum absolute atomic E-state index is 11.0. The lowest BCUT2D eigenvalue weighted by Crippen LogP contribution is -2.37. The molecule has 1 atom stereocenters. The van der Waals surface area contributed by atoms with Crippen LogP contribution in [0.25, 0.3) is 0 Å². The van der Waals surface area contributed by atoms with Crippen LogP contribution in [-0.2, 0) is 4.79 Å². The summed E-state index contributed by atoms with van der Waals surface area (Å²) in [6.07, 6.45) is 0.996. The monoisotopic (exact) mass is 184 g/mol. The van der Waals surface area contributed by atoms with Crippen molar-refractivity contribution >= 4 is 5.78 Å². The topological polar surface area (TPSA) is 77.8 Å². The van der Waals surface area contributed by atoms with Crippen molar-refractivity contribution in [3.8, 4) is 0 Å². The second-order valence-corrected chi connectivity index (χ2v) is 3.32. The van der Waals surface area contributed by atoms with E-state index in [4.69, 9.17) is 0 Å². The Kier molecular flexibility index (Phi) is 2.17. The molecule has 0 bridgehead atoms. The van der Waals surface area contributed by atoms with Gasteiger partial charge >= 0.3 is 0 Å². The first-order chi connectivity index (χ1) is 5.87.